The Morgan fingerprint density at radius 1 is 1.09 bits per heavy atom. The number of benzene rings is 2. The SMILES string of the molecule is N=C1/C(=C/c2ccc(Sc3cccc4ccccc34)o2)C(=O)N=C2SC(C(F)(F)F)=NN12. The Labute approximate surface area is 187 Å². The number of nitrogens with zero attached hydrogens (tertiary/aromatic N) is 3. The average molecular weight is 472 g/mol. The molecular weight excluding hydrogens is 461 g/mol. The van der Waals surface area contributed by atoms with Crippen LogP contribution in [0.1, 0.15) is 5.76 Å². The number of rotatable bonds is 3. The van der Waals surface area contributed by atoms with Gasteiger partial charge in [0.2, 0.25) is 10.2 Å². The van der Waals surface area contributed by atoms with Crippen LogP contribution in [0.5, 0.6) is 0 Å². The van der Waals surface area contributed by atoms with E-state index < -0.39 is 23.0 Å². The van der Waals surface area contributed by atoms with E-state index in [9.17, 15) is 18.0 Å². The van der Waals surface area contributed by atoms with Crippen molar-refractivity contribution in [2.24, 2.45) is 10.1 Å². The van der Waals surface area contributed by atoms with Crippen molar-refractivity contribution in [3.8, 4) is 0 Å². The van der Waals surface area contributed by atoms with Crippen LogP contribution in [0.15, 0.2) is 84.7 Å². The van der Waals surface area contributed by atoms with Gasteiger partial charge in [0, 0.05) is 4.90 Å². The number of amides is 1. The summed E-state index contributed by atoms with van der Waals surface area (Å²) in [6, 6.07) is 17.2. The van der Waals surface area contributed by atoms with E-state index in [1.54, 1.807) is 12.1 Å². The van der Waals surface area contributed by atoms with E-state index in [0.29, 0.717) is 10.1 Å². The Kier molecular flexibility index (Phi) is 4.94. The third-order valence-corrected chi connectivity index (χ3v) is 6.50. The maximum absolute atomic E-state index is 12.9. The molecule has 0 saturated carbocycles. The first kappa shape index (κ1) is 20.6. The fourth-order valence-corrected chi connectivity index (χ4v) is 4.80. The standard InChI is InChI=1S/C21H11F3N4O2S2/c22-21(23,24)19-27-28-17(25)14(18(29)26-20(28)32-19)10-12-8-9-16(30-12)31-15-7-3-5-11-4-1-2-6-13(11)15/h1-10,25H/b14-10-,25-17?. The van der Waals surface area contributed by atoms with Crippen LogP contribution in [0.2, 0.25) is 0 Å². The Morgan fingerprint density at radius 3 is 2.69 bits per heavy atom. The summed E-state index contributed by atoms with van der Waals surface area (Å²) in [5.41, 5.74) is -0.211. The second-order valence-electron chi connectivity index (χ2n) is 6.66. The molecule has 1 amide bonds. The van der Waals surface area contributed by atoms with Gasteiger partial charge in [-0.05, 0) is 46.8 Å². The molecule has 0 atom stereocenters. The molecule has 11 heteroatoms. The monoisotopic (exact) mass is 472 g/mol. The molecule has 160 valence electrons. The van der Waals surface area contributed by atoms with Gasteiger partial charge in [0.05, 0.1) is 5.57 Å². The summed E-state index contributed by atoms with van der Waals surface area (Å²) in [6.45, 7) is 0. The topological polar surface area (TPSA) is 82.0 Å². The van der Waals surface area contributed by atoms with Crippen molar-refractivity contribution in [1.82, 2.24) is 5.01 Å². The molecular formula is C21H11F3N4O2S2. The first-order valence-corrected chi connectivity index (χ1v) is 10.8. The molecule has 3 aromatic rings. The number of hydrogen-bond donors (Lipinski definition) is 1. The molecule has 0 saturated heterocycles. The van der Waals surface area contributed by atoms with Gasteiger partial charge in [-0.15, -0.1) is 0 Å². The number of carbonyl (C=O) groups excluding carboxylic acids is 1. The first-order valence-electron chi connectivity index (χ1n) is 9.12. The molecule has 0 unspecified atom stereocenters. The maximum Gasteiger partial charge on any atom is 0.441 e. The average Bonchev–Trinajstić information content (AvgIpc) is 3.38. The van der Waals surface area contributed by atoms with Crippen molar-refractivity contribution in [3.05, 3.63) is 65.9 Å². The minimum absolute atomic E-state index is 0.209. The lowest BCUT2D eigenvalue weighted by Crippen LogP contribution is -2.35. The van der Waals surface area contributed by atoms with E-state index in [4.69, 9.17) is 9.83 Å². The van der Waals surface area contributed by atoms with Crippen LogP contribution in [-0.4, -0.2) is 33.1 Å². The second kappa shape index (κ2) is 7.68. The zero-order valence-corrected chi connectivity index (χ0v) is 17.5. The molecule has 0 radical (unpaired) electrons. The molecule has 5 rings (SSSR count). The van der Waals surface area contributed by atoms with Crippen molar-refractivity contribution in [1.29, 1.82) is 5.41 Å². The molecule has 0 fully saturated rings. The van der Waals surface area contributed by atoms with Crippen LogP contribution >= 0.6 is 23.5 Å². The van der Waals surface area contributed by atoms with Crippen molar-refractivity contribution in [3.63, 3.8) is 0 Å². The second-order valence-corrected chi connectivity index (χ2v) is 8.66. The summed E-state index contributed by atoms with van der Waals surface area (Å²) in [6.07, 6.45) is -3.41. The Morgan fingerprint density at radius 2 is 1.88 bits per heavy atom. The van der Waals surface area contributed by atoms with Crippen molar-refractivity contribution < 1.29 is 22.4 Å². The van der Waals surface area contributed by atoms with Crippen LogP contribution in [0.4, 0.5) is 13.2 Å². The molecule has 1 aromatic heterocycles. The van der Waals surface area contributed by atoms with E-state index >= 15 is 0 Å². The molecule has 2 aromatic carbocycles. The number of nitrogens with one attached hydrogen (secondary N) is 1. The Hall–Kier alpha value is -3.31. The van der Waals surface area contributed by atoms with E-state index in [-0.39, 0.29) is 28.3 Å². The lowest BCUT2D eigenvalue weighted by atomic mass is 10.1. The normalized spacial score (nSPS) is 17.7. The number of furan rings is 1. The van der Waals surface area contributed by atoms with Crippen LogP contribution in [0.25, 0.3) is 16.8 Å². The van der Waals surface area contributed by atoms with Gasteiger partial charge in [0.15, 0.2) is 10.9 Å². The van der Waals surface area contributed by atoms with Gasteiger partial charge in [-0.3, -0.25) is 10.2 Å². The third kappa shape index (κ3) is 3.73. The highest BCUT2D eigenvalue weighted by Crippen LogP contribution is 2.37. The number of hydrogen-bond acceptors (Lipinski definition) is 6. The lowest BCUT2D eigenvalue weighted by molar-refractivity contribution is -0.114. The summed E-state index contributed by atoms with van der Waals surface area (Å²) in [4.78, 5) is 17.0. The van der Waals surface area contributed by atoms with E-state index in [1.807, 2.05) is 42.5 Å². The number of fused-ring (bicyclic) bond motifs is 2. The molecule has 2 aliphatic heterocycles. The minimum atomic E-state index is -4.69. The van der Waals surface area contributed by atoms with E-state index in [1.165, 1.54) is 17.8 Å². The Bertz CT molecular complexity index is 1370. The predicted octanol–water partition coefficient (Wildman–Crippen LogP) is 5.77. The summed E-state index contributed by atoms with van der Waals surface area (Å²) in [5, 5.41) is 13.5. The maximum atomic E-state index is 12.9. The van der Waals surface area contributed by atoms with Gasteiger partial charge in [-0.1, -0.05) is 48.2 Å². The quantitative estimate of drug-likeness (QED) is 0.490. The van der Waals surface area contributed by atoms with Crippen LogP contribution in [0, 0.1) is 5.41 Å². The molecule has 32 heavy (non-hydrogen) atoms. The van der Waals surface area contributed by atoms with Crippen molar-refractivity contribution in [2.45, 2.75) is 16.2 Å². The van der Waals surface area contributed by atoms with Gasteiger partial charge in [-0.2, -0.15) is 28.3 Å². The number of aliphatic imine (C=N–C) groups is 1. The van der Waals surface area contributed by atoms with E-state index in [2.05, 4.69) is 10.1 Å². The largest absolute Gasteiger partial charge is 0.450 e. The van der Waals surface area contributed by atoms with Gasteiger partial charge >= 0.3 is 6.18 Å². The zero-order valence-electron chi connectivity index (χ0n) is 15.9. The third-order valence-electron chi connectivity index (χ3n) is 4.55. The smallest absolute Gasteiger partial charge is 0.441 e. The lowest BCUT2D eigenvalue weighted by Gasteiger charge is -2.19. The molecule has 0 spiro atoms. The summed E-state index contributed by atoms with van der Waals surface area (Å²) in [7, 11) is 0. The number of carbonyl (C=O) groups is 1. The molecule has 2 aliphatic rings. The number of halogens is 3. The molecule has 0 aliphatic carbocycles. The number of amidine groups is 2. The highest BCUT2D eigenvalue weighted by molar-refractivity contribution is 8.27. The molecule has 3 heterocycles. The predicted molar refractivity (Wildman–Crippen MR) is 118 cm³/mol. The highest BCUT2D eigenvalue weighted by atomic mass is 32.2. The van der Waals surface area contributed by atoms with Crippen LogP contribution in [-0.2, 0) is 4.79 Å². The number of alkyl halides is 3. The molecule has 1 N–H and O–H groups in total. The molecule has 6 nitrogen and oxygen atoms in total. The fraction of sp³-hybridized carbons (Fsp3) is 0.0476. The van der Waals surface area contributed by atoms with Gasteiger partial charge in [-0.25, -0.2) is 0 Å². The fourth-order valence-electron chi connectivity index (χ4n) is 3.11. The zero-order chi connectivity index (χ0) is 22.5. The highest BCUT2D eigenvalue weighted by Gasteiger charge is 2.46. The minimum Gasteiger partial charge on any atom is -0.450 e. The van der Waals surface area contributed by atoms with Crippen molar-refractivity contribution >= 4 is 62.3 Å². The van der Waals surface area contributed by atoms with Gasteiger partial charge < -0.3 is 4.42 Å². The van der Waals surface area contributed by atoms with Gasteiger partial charge in [0.1, 0.15) is 5.76 Å². The summed E-state index contributed by atoms with van der Waals surface area (Å²) < 4.78 is 44.6. The number of thioether (sulfide) groups is 1. The van der Waals surface area contributed by atoms with Crippen LogP contribution in [0.3, 0.4) is 0 Å². The molecule has 0 bridgehead atoms. The Balaban J connectivity index is 1.41. The van der Waals surface area contributed by atoms with Crippen LogP contribution < -0.4 is 0 Å². The van der Waals surface area contributed by atoms with E-state index in [0.717, 1.165) is 15.7 Å². The first-order chi connectivity index (χ1) is 15.3. The van der Waals surface area contributed by atoms with Crippen molar-refractivity contribution in [2.75, 3.05) is 0 Å². The summed E-state index contributed by atoms with van der Waals surface area (Å²) >= 11 is 1.61. The summed E-state index contributed by atoms with van der Waals surface area (Å²) in [5.74, 6) is -1.05. The van der Waals surface area contributed by atoms with Gasteiger partial charge in [0.25, 0.3) is 5.91 Å². The number of hydrazone groups is 1.